The fourth-order valence-electron chi connectivity index (χ4n) is 2.62. The lowest BCUT2D eigenvalue weighted by atomic mass is 9.92. The molecule has 0 saturated heterocycles. The van der Waals surface area contributed by atoms with Crippen LogP contribution in [0.1, 0.15) is 50.7 Å². The first-order chi connectivity index (χ1) is 9.43. The molecule has 1 aromatic rings. The zero-order chi connectivity index (χ0) is 14.9. The molecule has 1 aromatic carbocycles. The number of carbonyl (C=O) groups is 1. The number of ether oxygens (including phenoxy) is 1. The number of para-hydroxylation sites is 1. The van der Waals surface area contributed by atoms with E-state index in [9.17, 15) is 9.90 Å². The molecule has 0 radical (unpaired) electrons. The molecule has 1 aliphatic heterocycles. The van der Waals surface area contributed by atoms with Crippen LogP contribution in [0.2, 0.25) is 0 Å². The fraction of sp³-hybridized carbons (Fsp3) is 0.500. The number of aliphatic carboxylic acids is 1. The summed E-state index contributed by atoms with van der Waals surface area (Å²) in [6.07, 6.45) is 0. The maximum absolute atomic E-state index is 11.2. The number of rotatable bonds is 4. The van der Waals surface area contributed by atoms with E-state index < -0.39 is 5.97 Å². The van der Waals surface area contributed by atoms with E-state index in [1.54, 1.807) is 4.58 Å². The molecule has 0 atom stereocenters. The van der Waals surface area contributed by atoms with Gasteiger partial charge in [-0.1, -0.05) is 45.9 Å². The maximum atomic E-state index is 11.2. The minimum atomic E-state index is -1.25. The Hall–Kier alpha value is -1.84. The molecule has 2 rings (SSSR count). The van der Waals surface area contributed by atoms with Gasteiger partial charge < -0.3 is 14.6 Å². The third-order valence-corrected chi connectivity index (χ3v) is 3.59. The quantitative estimate of drug-likeness (QED) is 0.787. The lowest BCUT2D eigenvalue weighted by Crippen LogP contribution is -2.35. The van der Waals surface area contributed by atoms with Gasteiger partial charge in [-0.3, -0.25) is 0 Å². The van der Waals surface area contributed by atoms with E-state index in [-0.39, 0.29) is 5.90 Å². The third kappa shape index (κ3) is 2.55. The molecule has 0 spiro atoms. The average molecular weight is 275 g/mol. The Labute approximate surface area is 119 Å². The van der Waals surface area contributed by atoms with Gasteiger partial charge in [-0.05, 0) is 11.8 Å². The molecular weight excluding hydrogens is 254 g/mol. The highest BCUT2D eigenvalue weighted by atomic mass is 16.5. The Morgan fingerprint density at radius 2 is 1.75 bits per heavy atom. The number of carbonyl (C=O) groups excluding carboxylic acids is 1. The molecule has 1 heterocycles. The lowest BCUT2D eigenvalue weighted by molar-refractivity contribution is -0.434. The van der Waals surface area contributed by atoms with E-state index >= 15 is 0 Å². The summed E-state index contributed by atoms with van der Waals surface area (Å²) in [4.78, 5) is 11.2. The van der Waals surface area contributed by atoms with Crippen LogP contribution in [-0.4, -0.2) is 29.6 Å². The molecular formula is C16H21NO3. The van der Waals surface area contributed by atoms with Crippen molar-refractivity contribution in [2.24, 2.45) is 0 Å². The van der Waals surface area contributed by atoms with E-state index in [1.165, 1.54) is 0 Å². The number of hydrogen-bond donors (Lipinski definition) is 0. The van der Waals surface area contributed by atoms with Crippen molar-refractivity contribution < 1.29 is 19.2 Å². The molecule has 0 amide bonds. The summed E-state index contributed by atoms with van der Waals surface area (Å²) < 4.78 is 6.98. The predicted octanol–water partition coefficient (Wildman–Crippen LogP) is 1.76. The molecule has 108 valence electrons. The van der Waals surface area contributed by atoms with Crippen LogP contribution < -0.4 is 5.11 Å². The predicted molar refractivity (Wildman–Crippen MR) is 75.4 cm³/mol. The van der Waals surface area contributed by atoms with Crippen LogP contribution in [0.4, 0.5) is 5.69 Å². The minimum Gasteiger partial charge on any atom is -0.537 e. The molecule has 0 N–H and O–H groups in total. The molecule has 0 fully saturated rings. The van der Waals surface area contributed by atoms with Crippen LogP contribution in [0, 0.1) is 0 Å². The highest BCUT2D eigenvalue weighted by molar-refractivity contribution is 6.28. The Kier molecular flexibility index (Phi) is 4.12. The third-order valence-electron chi connectivity index (χ3n) is 3.59. The van der Waals surface area contributed by atoms with Crippen LogP contribution >= 0.6 is 0 Å². The Bertz CT molecular complexity index is 533. The summed E-state index contributed by atoms with van der Waals surface area (Å²) in [5.74, 6) is -0.699. The van der Waals surface area contributed by atoms with Gasteiger partial charge in [0.2, 0.25) is 5.69 Å². The van der Waals surface area contributed by atoms with E-state index in [2.05, 4.69) is 39.8 Å². The summed E-state index contributed by atoms with van der Waals surface area (Å²) in [5.41, 5.74) is 3.25. The van der Waals surface area contributed by atoms with Crippen molar-refractivity contribution in [2.75, 3.05) is 13.2 Å². The smallest absolute Gasteiger partial charge is 0.392 e. The van der Waals surface area contributed by atoms with Gasteiger partial charge in [-0.2, -0.15) is 4.58 Å². The Balaban J connectivity index is 2.71. The zero-order valence-corrected chi connectivity index (χ0v) is 12.5. The second-order valence-corrected chi connectivity index (χ2v) is 5.69. The molecule has 4 heteroatoms. The van der Waals surface area contributed by atoms with Crippen molar-refractivity contribution in [3.8, 4) is 0 Å². The first-order valence-corrected chi connectivity index (χ1v) is 7.05. The number of nitrogens with zero attached hydrogens (tertiary/aromatic N) is 1. The topological polar surface area (TPSA) is 52.4 Å². The van der Waals surface area contributed by atoms with Crippen LogP contribution in [0.15, 0.2) is 18.2 Å². The molecule has 0 aliphatic carbocycles. The van der Waals surface area contributed by atoms with Gasteiger partial charge in [0.1, 0.15) is 0 Å². The normalized spacial score (nSPS) is 15.1. The summed E-state index contributed by atoms with van der Waals surface area (Å²) in [6.45, 7) is 9.37. The van der Waals surface area contributed by atoms with Gasteiger partial charge in [0.15, 0.2) is 19.1 Å². The lowest BCUT2D eigenvalue weighted by Gasteiger charge is -2.15. The highest BCUT2D eigenvalue weighted by Crippen LogP contribution is 2.35. The monoisotopic (exact) mass is 275 g/mol. The van der Waals surface area contributed by atoms with Crippen molar-refractivity contribution in [1.29, 1.82) is 0 Å². The van der Waals surface area contributed by atoms with Crippen molar-refractivity contribution in [2.45, 2.75) is 39.5 Å². The summed E-state index contributed by atoms with van der Waals surface area (Å²) >= 11 is 0. The number of hydrogen-bond acceptors (Lipinski definition) is 3. The summed E-state index contributed by atoms with van der Waals surface area (Å²) in [7, 11) is 0. The Morgan fingerprint density at radius 1 is 1.20 bits per heavy atom. The van der Waals surface area contributed by atoms with Gasteiger partial charge in [-0.15, -0.1) is 0 Å². The van der Waals surface area contributed by atoms with Crippen molar-refractivity contribution in [1.82, 2.24) is 0 Å². The van der Waals surface area contributed by atoms with E-state index in [0.29, 0.717) is 25.0 Å². The van der Waals surface area contributed by atoms with Gasteiger partial charge >= 0.3 is 5.90 Å². The first kappa shape index (κ1) is 14.6. The molecule has 0 bridgehead atoms. The molecule has 0 unspecified atom stereocenters. The number of benzene rings is 1. The highest BCUT2D eigenvalue weighted by Gasteiger charge is 2.32. The molecule has 20 heavy (non-hydrogen) atoms. The number of carboxylic acid groups (broad SMARTS) is 1. The SMILES string of the molecule is CC(C)c1cccc(C(C)C)c1[N+]1=C(C(=O)[O-])OCC1. The fourth-order valence-corrected chi connectivity index (χ4v) is 2.62. The molecule has 0 saturated carbocycles. The second kappa shape index (κ2) is 5.65. The van der Waals surface area contributed by atoms with Crippen molar-refractivity contribution in [3.63, 3.8) is 0 Å². The first-order valence-electron chi connectivity index (χ1n) is 7.05. The van der Waals surface area contributed by atoms with Crippen LogP contribution in [0.5, 0.6) is 0 Å². The van der Waals surface area contributed by atoms with E-state index in [0.717, 1.165) is 16.8 Å². The molecule has 0 aromatic heterocycles. The maximum Gasteiger partial charge on any atom is 0.392 e. The second-order valence-electron chi connectivity index (χ2n) is 5.69. The van der Waals surface area contributed by atoms with Gasteiger partial charge in [0, 0.05) is 11.1 Å². The molecule has 1 aliphatic rings. The van der Waals surface area contributed by atoms with Gasteiger partial charge in [-0.25, -0.2) is 0 Å². The van der Waals surface area contributed by atoms with E-state index in [1.807, 2.05) is 6.07 Å². The van der Waals surface area contributed by atoms with Gasteiger partial charge in [0.05, 0.1) is 0 Å². The standard InChI is InChI=1S/C16H21NO3/c1-10(2)12-6-5-7-13(11(3)4)14(12)17-8-9-20-15(17)16(18)19/h5-7,10-11H,8-9H2,1-4H3. The van der Waals surface area contributed by atoms with E-state index in [4.69, 9.17) is 4.74 Å². The van der Waals surface area contributed by atoms with Crippen LogP contribution in [0.25, 0.3) is 0 Å². The largest absolute Gasteiger partial charge is 0.537 e. The van der Waals surface area contributed by atoms with Crippen molar-refractivity contribution in [3.05, 3.63) is 29.3 Å². The number of carboxylic acids is 1. The average Bonchev–Trinajstić information content (AvgIpc) is 2.86. The zero-order valence-electron chi connectivity index (χ0n) is 12.5. The van der Waals surface area contributed by atoms with Crippen LogP contribution in [0.3, 0.4) is 0 Å². The summed E-state index contributed by atoms with van der Waals surface area (Å²) in [6, 6.07) is 6.14. The van der Waals surface area contributed by atoms with Crippen LogP contribution in [-0.2, 0) is 9.53 Å². The summed E-state index contributed by atoms with van der Waals surface area (Å²) in [5, 5.41) is 11.2. The van der Waals surface area contributed by atoms with Crippen molar-refractivity contribution >= 4 is 17.6 Å². The Morgan fingerprint density at radius 3 is 2.20 bits per heavy atom. The molecule has 4 nitrogen and oxygen atoms in total. The van der Waals surface area contributed by atoms with Gasteiger partial charge in [0.25, 0.3) is 0 Å². The minimum absolute atomic E-state index is 0.0694.